The third kappa shape index (κ3) is 4.74. The van der Waals surface area contributed by atoms with Gasteiger partial charge in [-0.15, -0.1) is 0 Å². The number of ether oxygens (including phenoxy) is 1. The van der Waals surface area contributed by atoms with E-state index in [1.807, 2.05) is 0 Å². The lowest BCUT2D eigenvalue weighted by Gasteiger charge is -2.08. The van der Waals surface area contributed by atoms with Crippen LogP contribution >= 0.6 is 0 Å². The maximum Gasteiger partial charge on any atom is 0.161 e. The van der Waals surface area contributed by atoms with Crippen molar-refractivity contribution < 1.29 is 9.16 Å². The highest BCUT2D eigenvalue weighted by molar-refractivity contribution is 6.26. The number of fused-ring (bicyclic) bond motifs is 1. The van der Waals surface area contributed by atoms with Gasteiger partial charge in [0.2, 0.25) is 0 Å². The van der Waals surface area contributed by atoms with Crippen LogP contribution in [-0.4, -0.2) is 29.6 Å². The molecular weight excluding hydrogens is 264 g/mol. The van der Waals surface area contributed by atoms with Gasteiger partial charge in [-0.2, -0.15) is 0 Å². The van der Waals surface area contributed by atoms with Crippen LogP contribution < -0.4 is 0 Å². The first-order valence-electron chi connectivity index (χ1n) is 7.54. The molecule has 0 fully saturated rings. The minimum absolute atomic E-state index is 0.239. The molecule has 0 unspecified atom stereocenters. The Balaban J connectivity index is 1.71. The molecule has 0 bridgehead atoms. The van der Waals surface area contributed by atoms with Gasteiger partial charge in [-0.3, -0.25) is 0 Å². The van der Waals surface area contributed by atoms with Crippen LogP contribution in [0.5, 0.6) is 0 Å². The highest BCUT2D eigenvalue weighted by Crippen LogP contribution is 2.18. The summed E-state index contributed by atoms with van der Waals surface area (Å²) in [5.74, 6) is 0. The van der Waals surface area contributed by atoms with Gasteiger partial charge in [0.25, 0.3) is 0 Å². The molecule has 3 heteroatoms. The van der Waals surface area contributed by atoms with Gasteiger partial charge < -0.3 is 9.16 Å². The van der Waals surface area contributed by atoms with Crippen LogP contribution in [0.15, 0.2) is 42.5 Å². The second kappa shape index (κ2) is 8.90. The van der Waals surface area contributed by atoms with E-state index >= 15 is 0 Å². The molecule has 0 amide bonds. The molecule has 0 aliphatic carbocycles. The highest BCUT2D eigenvalue weighted by Gasteiger charge is 2.00. The molecule has 2 aromatic carbocycles. The lowest BCUT2D eigenvalue weighted by atomic mass is 10.0. The molecule has 2 nitrogen and oxygen atoms in total. The monoisotopic (exact) mass is 288 g/mol. The van der Waals surface area contributed by atoms with E-state index < -0.39 is 0 Å². The van der Waals surface area contributed by atoms with Crippen LogP contribution in [0.1, 0.15) is 18.9 Å². The lowest BCUT2D eigenvalue weighted by Crippen LogP contribution is -2.05. The Hall–Kier alpha value is -1.16. The Morgan fingerprint density at radius 1 is 0.950 bits per heavy atom. The zero-order valence-electron chi connectivity index (χ0n) is 12.3. The summed E-state index contributed by atoms with van der Waals surface area (Å²) in [7, 11) is -0.239. The van der Waals surface area contributed by atoms with Gasteiger partial charge in [0.05, 0.1) is 6.61 Å². The molecule has 0 atom stereocenters. The van der Waals surface area contributed by atoms with E-state index in [4.69, 9.17) is 9.16 Å². The van der Waals surface area contributed by atoms with Crippen molar-refractivity contribution in [3.63, 3.8) is 0 Å². The minimum atomic E-state index is -0.239. The predicted octanol–water partition coefficient (Wildman–Crippen LogP) is 3.33. The van der Waals surface area contributed by atoms with E-state index in [0.29, 0.717) is 0 Å². The molecular formula is C17H24O2Si. The summed E-state index contributed by atoms with van der Waals surface area (Å²) in [5.41, 5.74) is 1.37. The van der Waals surface area contributed by atoms with E-state index in [1.54, 1.807) is 0 Å². The minimum Gasteiger partial charge on any atom is -0.424 e. The average Bonchev–Trinajstić information content (AvgIpc) is 2.50. The molecule has 0 heterocycles. The van der Waals surface area contributed by atoms with Crippen molar-refractivity contribution in [3.8, 4) is 0 Å². The van der Waals surface area contributed by atoms with E-state index in [1.165, 1.54) is 22.4 Å². The number of hydrogen-bond acceptors (Lipinski definition) is 2. The fraction of sp³-hybridized carbons (Fsp3) is 0.412. The summed E-state index contributed by atoms with van der Waals surface area (Å²) in [4.78, 5) is 0. The molecule has 0 spiro atoms. The summed E-state index contributed by atoms with van der Waals surface area (Å²) in [5, 5.41) is 2.65. The van der Waals surface area contributed by atoms with Gasteiger partial charge in [-0.25, -0.2) is 0 Å². The van der Waals surface area contributed by atoms with E-state index in [9.17, 15) is 0 Å². The van der Waals surface area contributed by atoms with Crippen LogP contribution in [0.3, 0.4) is 0 Å². The second-order valence-electron chi connectivity index (χ2n) is 4.97. The summed E-state index contributed by atoms with van der Waals surface area (Å²) >= 11 is 0. The normalized spacial score (nSPS) is 11.7. The number of rotatable bonds is 9. The zero-order valence-corrected chi connectivity index (χ0v) is 13.7. The molecule has 0 saturated carbocycles. The van der Waals surface area contributed by atoms with Crippen LogP contribution in [0.2, 0.25) is 6.04 Å². The molecule has 20 heavy (non-hydrogen) atoms. The van der Waals surface area contributed by atoms with Crippen molar-refractivity contribution in [1.29, 1.82) is 0 Å². The van der Waals surface area contributed by atoms with Crippen molar-refractivity contribution >= 4 is 20.5 Å². The van der Waals surface area contributed by atoms with Gasteiger partial charge in [-0.05, 0) is 35.2 Å². The second-order valence-corrected chi connectivity index (χ2v) is 6.78. The van der Waals surface area contributed by atoms with Crippen molar-refractivity contribution in [2.45, 2.75) is 25.8 Å². The van der Waals surface area contributed by atoms with E-state index in [-0.39, 0.29) is 9.76 Å². The van der Waals surface area contributed by atoms with Crippen molar-refractivity contribution in [1.82, 2.24) is 0 Å². The molecule has 0 saturated heterocycles. The van der Waals surface area contributed by atoms with E-state index in [0.717, 1.165) is 32.7 Å². The topological polar surface area (TPSA) is 18.5 Å². The maximum absolute atomic E-state index is 5.70. The average molecular weight is 288 g/mol. The third-order valence-corrected chi connectivity index (χ3v) is 4.31. The quantitative estimate of drug-likeness (QED) is 0.520. The van der Waals surface area contributed by atoms with Crippen molar-refractivity contribution in [3.05, 3.63) is 48.0 Å². The first kappa shape index (κ1) is 15.2. The fourth-order valence-corrected chi connectivity index (χ4v) is 3.00. The van der Waals surface area contributed by atoms with Crippen LogP contribution in [0, 0.1) is 0 Å². The van der Waals surface area contributed by atoms with Gasteiger partial charge >= 0.3 is 0 Å². The highest BCUT2D eigenvalue weighted by atomic mass is 28.2. The molecule has 0 aliphatic rings. The molecule has 2 rings (SSSR count). The van der Waals surface area contributed by atoms with Crippen molar-refractivity contribution in [2.24, 2.45) is 0 Å². The summed E-state index contributed by atoms with van der Waals surface area (Å²) in [6, 6.07) is 16.2. The molecule has 0 aliphatic heterocycles. The first-order chi connectivity index (χ1) is 9.92. The summed E-state index contributed by atoms with van der Waals surface area (Å²) in [6.07, 6.45) is 1.99. The van der Waals surface area contributed by atoms with Crippen LogP contribution in [-0.2, 0) is 15.6 Å². The Kier molecular flexibility index (Phi) is 6.78. The van der Waals surface area contributed by atoms with Gasteiger partial charge in [0, 0.05) is 13.2 Å². The Morgan fingerprint density at radius 2 is 1.80 bits per heavy atom. The molecule has 2 aromatic rings. The zero-order chi connectivity index (χ0) is 14.0. The van der Waals surface area contributed by atoms with Gasteiger partial charge in [0.15, 0.2) is 9.76 Å². The SMILES string of the molecule is CC[SiH2]OCCCOCCc1cccc2ccccc12. The maximum atomic E-state index is 5.70. The van der Waals surface area contributed by atoms with Gasteiger partial charge in [0.1, 0.15) is 0 Å². The largest absolute Gasteiger partial charge is 0.424 e. The first-order valence-corrected chi connectivity index (χ1v) is 9.11. The lowest BCUT2D eigenvalue weighted by molar-refractivity contribution is 0.123. The predicted molar refractivity (Wildman–Crippen MR) is 88.1 cm³/mol. The molecule has 0 N–H and O–H groups in total. The summed E-state index contributed by atoms with van der Waals surface area (Å²) in [6.45, 7) is 4.66. The molecule has 0 aromatic heterocycles. The van der Waals surface area contributed by atoms with Crippen molar-refractivity contribution in [2.75, 3.05) is 19.8 Å². The third-order valence-electron chi connectivity index (χ3n) is 3.32. The van der Waals surface area contributed by atoms with Gasteiger partial charge in [-0.1, -0.05) is 49.4 Å². The molecule has 0 radical (unpaired) electrons. The fourth-order valence-electron chi connectivity index (χ4n) is 2.30. The van der Waals surface area contributed by atoms with Crippen LogP contribution in [0.25, 0.3) is 10.8 Å². The van der Waals surface area contributed by atoms with Crippen LogP contribution in [0.4, 0.5) is 0 Å². The Morgan fingerprint density at radius 3 is 2.70 bits per heavy atom. The van der Waals surface area contributed by atoms with E-state index in [2.05, 4.69) is 49.4 Å². The number of benzene rings is 2. The standard InChI is InChI=1S/C17H24O2Si/c1-2-20-19-13-6-12-18-14-11-16-9-5-8-15-7-3-4-10-17(15)16/h3-5,7-10H,2,6,11-14,20H2,1H3. The Bertz CT molecular complexity index is 508. The molecule has 108 valence electrons. The number of hydrogen-bond donors (Lipinski definition) is 0. The summed E-state index contributed by atoms with van der Waals surface area (Å²) < 4.78 is 11.3. The Labute approximate surface area is 124 Å². The smallest absolute Gasteiger partial charge is 0.161 e.